The molecule has 4 aliphatic heterocycles. The van der Waals surface area contributed by atoms with Crippen molar-refractivity contribution < 1.29 is 34.4 Å². The van der Waals surface area contributed by atoms with Crippen LogP contribution in [0.2, 0.25) is 0 Å². The Morgan fingerprint density at radius 3 is 2.73 bits per heavy atom. The van der Waals surface area contributed by atoms with Crippen molar-refractivity contribution in [3.05, 3.63) is 77.0 Å². The zero-order valence-corrected chi connectivity index (χ0v) is 33.9. The second-order valence-corrected chi connectivity index (χ2v) is 18.5. The van der Waals surface area contributed by atoms with Crippen LogP contribution < -0.4 is 10.5 Å². The Bertz CT molecular complexity index is 2220. The number of aromatic amines is 2. The number of aromatic hydroxyl groups is 1. The van der Waals surface area contributed by atoms with Gasteiger partial charge in [-0.15, -0.1) is 0 Å². The van der Waals surface area contributed by atoms with Gasteiger partial charge in [-0.3, -0.25) is 19.4 Å². The second-order valence-electron chi connectivity index (χ2n) is 18.5. The number of aromatic nitrogens is 3. The number of Topliss-reactive ketones (excluding diaryl/α,β-unsaturated/α-hetero) is 1. The first-order valence-electron chi connectivity index (χ1n) is 21.9. The van der Waals surface area contributed by atoms with E-state index < -0.39 is 23.2 Å². The molecule has 0 unspecified atom stereocenters. The maximum Gasteiger partial charge on any atom is 0.311 e. The molecule has 4 aliphatic carbocycles. The van der Waals surface area contributed by atoms with Crippen molar-refractivity contribution in [3.63, 3.8) is 0 Å². The van der Waals surface area contributed by atoms with Gasteiger partial charge in [0, 0.05) is 72.6 Å². The van der Waals surface area contributed by atoms with Crippen LogP contribution in [0.25, 0.3) is 10.9 Å². The normalized spacial score (nSPS) is 33.8. The number of phenols is 1. The topological polar surface area (TPSA) is 190 Å². The third-order valence-electron chi connectivity index (χ3n) is 15.5. The molecule has 2 bridgehead atoms. The second kappa shape index (κ2) is 15.0. The van der Waals surface area contributed by atoms with Crippen molar-refractivity contribution in [2.75, 3.05) is 39.8 Å². The van der Waals surface area contributed by atoms with Crippen molar-refractivity contribution in [2.24, 2.45) is 29.4 Å². The van der Waals surface area contributed by atoms with Crippen LogP contribution in [-0.2, 0) is 39.0 Å². The zero-order valence-electron chi connectivity index (χ0n) is 33.9. The average molecular weight is 807 g/mol. The summed E-state index contributed by atoms with van der Waals surface area (Å²) in [6.45, 7) is 4.73. The summed E-state index contributed by atoms with van der Waals surface area (Å²) in [6.07, 6.45) is 11.8. The van der Waals surface area contributed by atoms with Crippen LogP contribution in [0.15, 0.2) is 48.9 Å². The number of hydrogen-bond acceptors (Lipinski definition) is 11. The fraction of sp³-hybridized carbons (Fsp3) is 0.587. The zero-order chi connectivity index (χ0) is 40.6. The smallest absolute Gasteiger partial charge is 0.311 e. The molecule has 2 aromatic carbocycles. The number of rotatable bonds is 5. The van der Waals surface area contributed by atoms with E-state index in [1.54, 1.807) is 18.6 Å². The third kappa shape index (κ3) is 6.25. The van der Waals surface area contributed by atoms with Crippen LogP contribution in [0.1, 0.15) is 85.5 Å². The van der Waals surface area contributed by atoms with Crippen LogP contribution in [-0.4, -0.2) is 116 Å². The highest BCUT2D eigenvalue weighted by atomic mass is 16.5. The maximum absolute atomic E-state index is 12.7. The molecule has 1 spiro atoms. The Morgan fingerprint density at radius 1 is 1.10 bits per heavy atom. The van der Waals surface area contributed by atoms with E-state index in [0.29, 0.717) is 43.5 Å². The van der Waals surface area contributed by atoms with Crippen LogP contribution in [0.3, 0.4) is 0 Å². The first kappa shape index (κ1) is 38.9. The van der Waals surface area contributed by atoms with Crippen molar-refractivity contribution in [1.82, 2.24) is 24.8 Å². The number of H-pyrrole nitrogens is 2. The number of hydrogen-bond donors (Lipinski definition) is 6. The lowest BCUT2D eigenvalue weighted by Crippen LogP contribution is -2.76. The Kier molecular flexibility index (Phi) is 9.90. The lowest BCUT2D eigenvalue weighted by atomic mass is 9.49. The molecule has 2 saturated heterocycles. The molecular formula is C46H58N6O7. The fourth-order valence-electron chi connectivity index (χ4n) is 12.6. The summed E-state index contributed by atoms with van der Waals surface area (Å²) in [5.41, 5.74) is 10.8. The number of methoxy groups -OCH3 is 1. The number of phenolic OH excluding ortho intramolecular Hbond substituents is 1. The number of piperidine rings is 2. The molecule has 6 heterocycles. The molecule has 2 aromatic heterocycles. The third-order valence-corrected chi connectivity index (χ3v) is 15.5. The molecule has 0 radical (unpaired) electrons. The van der Waals surface area contributed by atoms with E-state index in [0.717, 1.165) is 87.4 Å². The molecular weight excluding hydrogens is 749 g/mol. The van der Waals surface area contributed by atoms with Gasteiger partial charge in [-0.05, 0) is 112 Å². The average Bonchev–Trinajstić information content (AvgIpc) is 3.58. The number of imidazole rings is 1. The number of ketones is 1. The highest BCUT2D eigenvalue weighted by Gasteiger charge is 2.73. The lowest BCUT2D eigenvalue weighted by molar-refractivity contribution is -0.188. The minimum Gasteiger partial charge on any atom is -0.504 e. The number of para-hydroxylation sites is 1. The monoisotopic (exact) mass is 806 g/mol. The molecule has 7 N–H and O–H groups in total. The van der Waals surface area contributed by atoms with Gasteiger partial charge in [-0.1, -0.05) is 24.3 Å². The van der Waals surface area contributed by atoms with E-state index in [2.05, 4.69) is 49.0 Å². The summed E-state index contributed by atoms with van der Waals surface area (Å²) >= 11 is 0. The number of benzene rings is 2. The van der Waals surface area contributed by atoms with Gasteiger partial charge in [0.05, 0.1) is 42.5 Å². The number of esters is 1. The Morgan fingerprint density at radius 2 is 1.95 bits per heavy atom. The van der Waals surface area contributed by atoms with Gasteiger partial charge in [0.15, 0.2) is 23.4 Å². The number of fused-ring (bicyclic) bond motifs is 6. The summed E-state index contributed by atoms with van der Waals surface area (Å²) < 4.78 is 11.1. The van der Waals surface area contributed by atoms with E-state index in [9.17, 15) is 24.9 Å². The number of carbonyl (C=O) groups excluding carboxylic acids is 2. The minimum absolute atomic E-state index is 0.0454. The number of carbonyl (C=O) groups is 2. The highest BCUT2D eigenvalue weighted by Crippen LogP contribution is 2.65. The fourth-order valence-corrected chi connectivity index (χ4v) is 12.6. The van der Waals surface area contributed by atoms with Gasteiger partial charge in [-0.2, -0.15) is 0 Å². The van der Waals surface area contributed by atoms with E-state index in [4.69, 9.17) is 15.2 Å². The molecule has 0 amide bonds. The first-order valence-corrected chi connectivity index (χ1v) is 21.9. The molecule has 3 saturated carbocycles. The van der Waals surface area contributed by atoms with Gasteiger partial charge < -0.3 is 40.5 Å². The summed E-state index contributed by atoms with van der Waals surface area (Å²) in [5, 5.41) is 34.1. The maximum atomic E-state index is 12.7. The number of ether oxygens (including phenoxy) is 2. The van der Waals surface area contributed by atoms with Crippen LogP contribution in [0.5, 0.6) is 11.5 Å². The van der Waals surface area contributed by atoms with Gasteiger partial charge in [0.1, 0.15) is 0 Å². The standard InChI is InChI=1S/C21H26N2O3.C20H23NO4.C5H9N3/c1-26-21(25)19-15-10-17-20-14(13-4-2-3-5-16(13)22-20)8-9-23(17)11-12(15)6-7-18(19)24;22-13-4-3-12-9-15-20(24)6-5-14(23)18-19(20,16(12)17(13)25-18)7-8-21(15)10-11-1-2-11;6-2-1-5-3-7-4-8-5/h2-5,12,15,17-19,22,24H,6-11H2,1H3;3-4,11,15,18,22,24H,1-2,5-10H2;3-4H,1-2,6H2,(H,7,8)/t12-,15-,17-,18-,19+;15-,18+,19+,20-;/m01./s1. The number of nitrogens with zero attached hydrogens (tertiary/aromatic N) is 3. The molecule has 5 fully saturated rings. The predicted molar refractivity (Wildman–Crippen MR) is 220 cm³/mol. The molecule has 4 aromatic rings. The van der Waals surface area contributed by atoms with E-state index in [1.807, 2.05) is 6.07 Å². The van der Waals surface area contributed by atoms with E-state index in [1.165, 1.54) is 42.1 Å². The number of aliphatic hydroxyl groups is 2. The Labute approximate surface area is 344 Å². The summed E-state index contributed by atoms with van der Waals surface area (Å²) in [5.74, 6) is 1.44. The molecule has 8 aliphatic rings. The SMILES string of the molecule is COC(=O)[C@@H]1[C@H]2C[C@H]3c4[nH]c5ccccc5c4CCN3C[C@@H]2CC[C@@H]1O.NCCc1cnc[nH]1.O=C1CC[C@@]2(O)[C@H]3Cc4ccc(O)c5c4[C@@]2(CCN3CC2CC2)[C@H]1O5. The quantitative estimate of drug-likeness (QED) is 0.160. The minimum atomic E-state index is -0.940. The molecule has 13 heteroatoms. The number of nitrogens with two attached hydrogens (primary N) is 1. The molecule has 9 atom stereocenters. The number of nitrogens with one attached hydrogen (secondary N) is 2. The van der Waals surface area contributed by atoms with Gasteiger partial charge >= 0.3 is 5.97 Å². The lowest BCUT2D eigenvalue weighted by Gasteiger charge is -2.62. The highest BCUT2D eigenvalue weighted by molar-refractivity contribution is 5.90. The van der Waals surface area contributed by atoms with Crippen molar-refractivity contribution in [1.29, 1.82) is 0 Å². The van der Waals surface area contributed by atoms with Gasteiger partial charge in [-0.25, -0.2) is 4.98 Å². The van der Waals surface area contributed by atoms with Gasteiger partial charge in [0.25, 0.3) is 0 Å². The van der Waals surface area contributed by atoms with E-state index in [-0.39, 0.29) is 35.4 Å². The van der Waals surface area contributed by atoms with Gasteiger partial charge in [0.2, 0.25) is 0 Å². The first-order chi connectivity index (χ1) is 28.6. The van der Waals surface area contributed by atoms with Crippen LogP contribution in [0.4, 0.5) is 0 Å². The van der Waals surface area contributed by atoms with Crippen LogP contribution in [0, 0.1) is 23.7 Å². The Hall–Kier alpha value is -4.27. The predicted octanol–water partition coefficient (Wildman–Crippen LogP) is 4.08. The summed E-state index contributed by atoms with van der Waals surface area (Å²) in [6, 6.07) is 12.5. The molecule has 59 heavy (non-hydrogen) atoms. The molecule has 314 valence electrons. The van der Waals surface area contributed by atoms with Crippen molar-refractivity contribution >= 4 is 22.7 Å². The van der Waals surface area contributed by atoms with E-state index >= 15 is 0 Å². The largest absolute Gasteiger partial charge is 0.504 e. The molecule has 12 rings (SSSR count). The summed E-state index contributed by atoms with van der Waals surface area (Å²) in [4.78, 5) is 40.6. The van der Waals surface area contributed by atoms with Crippen LogP contribution >= 0.6 is 0 Å². The van der Waals surface area contributed by atoms with Crippen molar-refractivity contribution in [3.8, 4) is 11.5 Å². The Balaban J connectivity index is 0.000000120. The number of likely N-dealkylation sites (tertiary alicyclic amines) is 1. The molecule has 13 nitrogen and oxygen atoms in total. The van der Waals surface area contributed by atoms with Crippen molar-refractivity contribution in [2.45, 2.75) is 106 Å². The number of aliphatic hydroxyl groups excluding tert-OH is 1. The summed E-state index contributed by atoms with van der Waals surface area (Å²) in [7, 11) is 1.43.